The monoisotopic (exact) mass is 805 g/mol. The van der Waals surface area contributed by atoms with E-state index in [0.29, 0.717) is 0 Å². The second-order valence-electron chi connectivity index (χ2n) is 16.0. The van der Waals surface area contributed by atoms with Crippen molar-refractivity contribution in [1.29, 1.82) is 0 Å². The number of anilines is 3. The van der Waals surface area contributed by atoms with Crippen LogP contribution in [-0.4, -0.2) is 0 Å². The molecule has 0 saturated heterocycles. The normalized spacial score (nSPS) is 11.5. The molecule has 0 aliphatic carbocycles. The molecular weight excluding hydrogens is 767 g/mol. The van der Waals surface area contributed by atoms with Crippen molar-refractivity contribution >= 4 is 80.9 Å². The van der Waals surface area contributed by atoms with Crippen molar-refractivity contribution in [2.75, 3.05) is 4.90 Å². The quantitative estimate of drug-likeness (QED) is 0.145. The smallest absolute Gasteiger partial charge is 0.0640 e. The Bertz CT molecular complexity index is 3610. The largest absolute Gasteiger partial charge is 0.309 e. The van der Waals surface area contributed by atoms with Crippen LogP contribution < -0.4 is 4.90 Å². The third-order valence-electron chi connectivity index (χ3n) is 12.5. The van der Waals surface area contributed by atoms with Gasteiger partial charge in [0.05, 0.1) is 10.4 Å². The van der Waals surface area contributed by atoms with E-state index < -0.39 is 0 Å². The summed E-state index contributed by atoms with van der Waals surface area (Å²) in [7, 11) is 0. The highest BCUT2D eigenvalue weighted by Gasteiger charge is 2.20. The number of rotatable bonds is 7. The molecule has 11 aromatic carbocycles. The Balaban J connectivity index is 0.987. The van der Waals surface area contributed by atoms with Crippen molar-refractivity contribution in [3.8, 4) is 44.5 Å². The van der Waals surface area contributed by atoms with Crippen molar-refractivity contribution in [2.45, 2.75) is 0 Å². The Hall–Kier alpha value is -7.78. The van der Waals surface area contributed by atoms with Gasteiger partial charge in [-0.15, -0.1) is 11.3 Å². The first-order valence-corrected chi connectivity index (χ1v) is 22.1. The third-order valence-corrected chi connectivity index (χ3v) is 13.7. The van der Waals surface area contributed by atoms with Gasteiger partial charge in [0.1, 0.15) is 0 Å². The van der Waals surface area contributed by atoms with Gasteiger partial charge in [-0.25, -0.2) is 0 Å². The molecule has 12 aromatic rings. The van der Waals surface area contributed by atoms with Gasteiger partial charge >= 0.3 is 0 Å². The molecule has 1 heterocycles. The SMILES string of the molecule is c1ccc(-c2c(-c3cccc(-c4ccc(N(c5ccc(-c6cccc7ccccc67)cc5)c5cccc6c5sc5ccccc56)cc4)c3)c3ccccc3c3ccccc23)cc1. The van der Waals surface area contributed by atoms with Gasteiger partial charge in [0.25, 0.3) is 0 Å². The molecule has 1 nitrogen and oxygen atoms in total. The van der Waals surface area contributed by atoms with Crippen LogP contribution in [0.4, 0.5) is 17.1 Å². The van der Waals surface area contributed by atoms with Gasteiger partial charge in [-0.2, -0.15) is 0 Å². The fraction of sp³-hybridized carbons (Fsp3) is 0. The van der Waals surface area contributed by atoms with Crippen molar-refractivity contribution in [3.05, 3.63) is 237 Å². The molecule has 290 valence electrons. The van der Waals surface area contributed by atoms with Crippen LogP contribution in [0.2, 0.25) is 0 Å². The first-order valence-electron chi connectivity index (χ1n) is 21.3. The topological polar surface area (TPSA) is 3.24 Å². The molecule has 0 bridgehead atoms. The Morgan fingerprint density at radius 2 is 0.790 bits per heavy atom. The number of thiophene rings is 1. The predicted molar refractivity (Wildman–Crippen MR) is 268 cm³/mol. The lowest BCUT2D eigenvalue weighted by atomic mass is 9.84. The summed E-state index contributed by atoms with van der Waals surface area (Å²) in [5.41, 5.74) is 13.2. The number of fused-ring (bicyclic) bond motifs is 7. The van der Waals surface area contributed by atoms with Crippen molar-refractivity contribution in [1.82, 2.24) is 0 Å². The first kappa shape index (κ1) is 36.1. The van der Waals surface area contributed by atoms with E-state index in [2.05, 4.69) is 241 Å². The van der Waals surface area contributed by atoms with Crippen LogP contribution in [-0.2, 0) is 0 Å². The Morgan fingerprint density at radius 1 is 0.290 bits per heavy atom. The van der Waals surface area contributed by atoms with Crippen LogP contribution in [0.25, 0.3) is 97.0 Å². The molecule has 0 aliphatic heterocycles. The molecule has 1 aromatic heterocycles. The lowest BCUT2D eigenvalue weighted by Gasteiger charge is -2.26. The van der Waals surface area contributed by atoms with Crippen LogP contribution in [0.5, 0.6) is 0 Å². The molecule has 0 radical (unpaired) electrons. The zero-order valence-electron chi connectivity index (χ0n) is 33.9. The molecular formula is C60H39NS. The molecule has 0 spiro atoms. The zero-order chi connectivity index (χ0) is 41.0. The maximum absolute atomic E-state index is 2.43. The van der Waals surface area contributed by atoms with Crippen molar-refractivity contribution in [2.24, 2.45) is 0 Å². The van der Waals surface area contributed by atoms with E-state index in [-0.39, 0.29) is 0 Å². The molecule has 62 heavy (non-hydrogen) atoms. The molecule has 12 rings (SSSR count). The van der Waals surface area contributed by atoms with Gasteiger partial charge in [0, 0.05) is 26.8 Å². The lowest BCUT2D eigenvalue weighted by molar-refractivity contribution is 1.30. The fourth-order valence-electron chi connectivity index (χ4n) is 9.61. The Labute approximate surface area is 365 Å². The van der Waals surface area contributed by atoms with Gasteiger partial charge in [0.2, 0.25) is 0 Å². The van der Waals surface area contributed by atoms with Crippen LogP contribution in [0.3, 0.4) is 0 Å². The maximum Gasteiger partial charge on any atom is 0.0640 e. The third kappa shape index (κ3) is 6.07. The summed E-state index contributed by atoms with van der Waals surface area (Å²) in [6.07, 6.45) is 0. The second kappa shape index (κ2) is 15.0. The van der Waals surface area contributed by atoms with Crippen molar-refractivity contribution in [3.63, 3.8) is 0 Å². The van der Waals surface area contributed by atoms with Crippen molar-refractivity contribution < 1.29 is 0 Å². The molecule has 0 saturated carbocycles. The summed E-state index contributed by atoms with van der Waals surface area (Å²) < 4.78 is 2.58. The molecule has 0 amide bonds. The van der Waals surface area contributed by atoms with Crippen LogP contribution >= 0.6 is 11.3 Å². The Kier molecular flexibility index (Phi) is 8.76. The van der Waals surface area contributed by atoms with Crippen LogP contribution in [0, 0.1) is 0 Å². The number of hydrogen-bond donors (Lipinski definition) is 0. The molecule has 0 atom stereocenters. The zero-order valence-corrected chi connectivity index (χ0v) is 34.7. The van der Waals surface area contributed by atoms with E-state index in [0.717, 1.165) is 11.4 Å². The summed E-state index contributed by atoms with van der Waals surface area (Å²) in [5.74, 6) is 0. The summed E-state index contributed by atoms with van der Waals surface area (Å²) in [4.78, 5) is 2.43. The van der Waals surface area contributed by atoms with E-state index in [1.807, 2.05) is 11.3 Å². The minimum absolute atomic E-state index is 1.11. The highest BCUT2D eigenvalue weighted by molar-refractivity contribution is 7.26. The van der Waals surface area contributed by atoms with Crippen LogP contribution in [0.15, 0.2) is 237 Å². The average molecular weight is 806 g/mol. The number of benzene rings is 11. The average Bonchev–Trinajstić information content (AvgIpc) is 3.74. The highest BCUT2D eigenvalue weighted by atomic mass is 32.1. The second-order valence-corrected chi connectivity index (χ2v) is 17.0. The van der Waals surface area contributed by atoms with Gasteiger partial charge in [-0.1, -0.05) is 194 Å². The summed E-state index contributed by atoms with van der Waals surface area (Å²) in [5, 5.41) is 10.2. The number of nitrogens with zero attached hydrogens (tertiary/aromatic N) is 1. The minimum atomic E-state index is 1.11. The van der Waals surface area contributed by atoms with E-state index in [9.17, 15) is 0 Å². The van der Waals surface area contributed by atoms with E-state index in [1.54, 1.807) is 0 Å². The van der Waals surface area contributed by atoms with Gasteiger partial charge in [-0.3, -0.25) is 0 Å². The first-order chi connectivity index (χ1) is 30.8. The molecule has 0 aliphatic rings. The van der Waals surface area contributed by atoms with E-state index in [4.69, 9.17) is 0 Å². The van der Waals surface area contributed by atoms with Crippen LogP contribution in [0.1, 0.15) is 0 Å². The molecule has 0 N–H and O–H groups in total. The minimum Gasteiger partial charge on any atom is -0.309 e. The molecule has 0 fully saturated rings. The maximum atomic E-state index is 2.43. The van der Waals surface area contributed by atoms with Gasteiger partial charge in [-0.05, 0) is 119 Å². The standard InChI is InChI=1S/C60H39NS/c1-2-16-43(17-3-1)58-53-25-8-6-22-50(53)51-23-7-9-26-54(51)59(58)45-20-12-19-44(39-45)40-31-35-46(36-32-40)61(56-29-14-28-55-52-24-10-11-30-57(52)62-60(55)56)47-37-33-42(34-38-47)49-27-13-18-41-15-4-5-21-48(41)49/h1-39H. The molecule has 2 heteroatoms. The predicted octanol–water partition coefficient (Wildman–Crippen LogP) is 17.7. The summed E-state index contributed by atoms with van der Waals surface area (Å²) in [6, 6.07) is 86.6. The van der Waals surface area contributed by atoms with Gasteiger partial charge in [0.15, 0.2) is 0 Å². The van der Waals surface area contributed by atoms with E-state index in [1.165, 1.54) is 103 Å². The van der Waals surface area contributed by atoms with E-state index >= 15 is 0 Å². The lowest BCUT2D eigenvalue weighted by Crippen LogP contribution is -2.10. The summed E-state index contributed by atoms with van der Waals surface area (Å²) in [6.45, 7) is 0. The summed E-state index contributed by atoms with van der Waals surface area (Å²) >= 11 is 1.87. The van der Waals surface area contributed by atoms with Gasteiger partial charge < -0.3 is 4.90 Å². The number of hydrogen-bond acceptors (Lipinski definition) is 2. The Morgan fingerprint density at radius 3 is 1.52 bits per heavy atom. The highest BCUT2D eigenvalue weighted by Crippen LogP contribution is 2.47. The molecule has 0 unspecified atom stereocenters. The fourth-order valence-corrected chi connectivity index (χ4v) is 10.8.